The van der Waals surface area contributed by atoms with Crippen molar-refractivity contribution >= 4 is 17.6 Å². The maximum Gasteiger partial charge on any atom is 0.321 e. The summed E-state index contributed by atoms with van der Waals surface area (Å²) in [5.74, 6) is 0.00266. The molecule has 0 radical (unpaired) electrons. The summed E-state index contributed by atoms with van der Waals surface area (Å²) in [7, 11) is 0. The van der Waals surface area contributed by atoms with Gasteiger partial charge >= 0.3 is 6.03 Å². The van der Waals surface area contributed by atoms with E-state index >= 15 is 0 Å². The highest BCUT2D eigenvalue weighted by atomic mass is 16.2. The molecule has 3 rings (SSSR count). The molecule has 0 saturated carbocycles. The van der Waals surface area contributed by atoms with E-state index in [1.807, 2.05) is 62.4 Å². The van der Waals surface area contributed by atoms with Gasteiger partial charge in [0, 0.05) is 25.3 Å². The smallest absolute Gasteiger partial charge is 0.321 e. The van der Waals surface area contributed by atoms with Crippen LogP contribution in [0.4, 0.5) is 10.5 Å². The number of aryl methyl sites for hydroxylation is 2. The standard InChI is InChI=1S/C24H31N3O2/c1-4-19-10-12-21(13-11-19)26-23(29)27-15-5-14-24(3,17-27)22(28)25-16-20-8-6-18(2)7-9-20/h6-13H,4-5,14-17H2,1-3H3,(H,25,28)(H,26,29)/t24-/m1/s1. The highest BCUT2D eigenvalue weighted by Crippen LogP contribution is 2.30. The third-order valence-electron chi connectivity index (χ3n) is 5.72. The molecular formula is C24H31N3O2. The van der Waals surface area contributed by atoms with E-state index in [2.05, 4.69) is 17.6 Å². The number of carbonyl (C=O) groups excluding carboxylic acids is 2. The molecule has 1 heterocycles. The average Bonchev–Trinajstić information content (AvgIpc) is 2.73. The van der Waals surface area contributed by atoms with E-state index in [9.17, 15) is 9.59 Å². The molecule has 154 valence electrons. The fourth-order valence-electron chi connectivity index (χ4n) is 3.73. The molecule has 0 aromatic heterocycles. The first-order valence-electron chi connectivity index (χ1n) is 10.4. The number of nitrogens with zero attached hydrogens (tertiary/aromatic N) is 1. The predicted molar refractivity (Wildman–Crippen MR) is 117 cm³/mol. The fourth-order valence-corrected chi connectivity index (χ4v) is 3.73. The number of likely N-dealkylation sites (tertiary alicyclic amines) is 1. The molecule has 1 atom stereocenters. The number of benzene rings is 2. The van der Waals surface area contributed by atoms with E-state index in [1.54, 1.807) is 4.90 Å². The predicted octanol–water partition coefficient (Wildman–Crippen LogP) is 4.51. The monoisotopic (exact) mass is 393 g/mol. The minimum absolute atomic E-state index is 0.00266. The summed E-state index contributed by atoms with van der Waals surface area (Å²) in [6.45, 7) is 7.69. The second-order valence-corrected chi connectivity index (χ2v) is 8.23. The summed E-state index contributed by atoms with van der Waals surface area (Å²) in [6, 6.07) is 15.9. The van der Waals surface area contributed by atoms with Crippen molar-refractivity contribution in [2.24, 2.45) is 5.41 Å². The van der Waals surface area contributed by atoms with Gasteiger partial charge in [0.1, 0.15) is 0 Å². The number of rotatable bonds is 5. The summed E-state index contributed by atoms with van der Waals surface area (Å²) in [6.07, 6.45) is 2.56. The molecule has 2 aromatic carbocycles. The van der Waals surface area contributed by atoms with E-state index in [1.165, 1.54) is 11.1 Å². The van der Waals surface area contributed by atoms with Gasteiger partial charge in [0.05, 0.1) is 5.41 Å². The summed E-state index contributed by atoms with van der Waals surface area (Å²) in [5, 5.41) is 6.01. The van der Waals surface area contributed by atoms with Crippen molar-refractivity contribution in [1.29, 1.82) is 0 Å². The Hall–Kier alpha value is -2.82. The number of anilines is 1. The zero-order valence-electron chi connectivity index (χ0n) is 17.6. The Balaban J connectivity index is 1.57. The maximum atomic E-state index is 12.9. The van der Waals surface area contributed by atoms with Crippen LogP contribution in [0, 0.1) is 12.3 Å². The lowest BCUT2D eigenvalue weighted by molar-refractivity contribution is -0.132. The van der Waals surface area contributed by atoms with Crippen LogP contribution < -0.4 is 10.6 Å². The summed E-state index contributed by atoms with van der Waals surface area (Å²) in [4.78, 5) is 27.4. The Bertz CT molecular complexity index is 845. The van der Waals surface area contributed by atoms with E-state index in [-0.39, 0.29) is 11.9 Å². The second kappa shape index (κ2) is 9.12. The number of amides is 3. The average molecular weight is 394 g/mol. The third kappa shape index (κ3) is 5.37. The molecular weight excluding hydrogens is 362 g/mol. The topological polar surface area (TPSA) is 61.4 Å². The molecule has 0 spiro atoms. The summed E-state index contributed by atoms with van der Waals surface area (Å²) < 4.78 is 0. The van der Waals surface area contributed by atoms with Gasteiger partial charge in [-0.1, -0.05) is 48.9 Å². The molecule has 1 fully saturated rings. The molecule has 0 aliphatic carbocycles. The molecule has 29 heavy (non-hydrogen) atoms. The molecule has 5 heteroatoms. The number of hydrogen-bond donors (Lipinski definition) is 2. The number of hydrogen-bond acceptors (Lipinski definition) is 2. The number of carbonyl (C=O) groups is 2. The fraction of sp³-hybridized carbons (Fsp3) is 0.417. The maximum absolute atomic E-state index is 12.9. The summed E-state index contributed by atoms with van der Waals surface area (Å²) in [5.41, 5.74) is 3.72. The van der Waals surface area contributed by atoms with Crippen LogP contribution in [0.1, 0.15) is 43.4 Å². The van der Waals surface area contributed by atoms with E-state index in [0.717, 1.165) is 30.5 Å². The van der Waals surface area contributed by atoms with Crippen LogP contribution in [0.5, 0.6) is 0 Å². The van der Waals surface area contributed by atoms with Crippen molar-refractivity contribution in [2.75, 3.05) is 18.4 Å². The molecule has 0 unspecified atom stereocenters. The highest BCUT2D eigenvalue weighted by Gasteiger charge is 2.39. The van der Waals surface area contributed by atoms with Gasteiger partial charge in [-0.05, 0) is 56.4 Å². The van der Waals surface area contributed by atoms with Crippen molar-refractivity contribution in [1.82, 2.24) is 10.2 Å². The molecule has 1 saturated heterocycles. The lowest BCUT2D eigenvalue weighted by Crippen LogP contribution is -2.52. The zero-order valence-corrected chi connectivity index (χ0v) is 17.6. The first-order chi connectivity index (χ1) is 13.9. The Morgan fingerprint density at radius 3 is 2.34 bits per heavy atom. The van der Waals surface area contributed by atoms with Crippen LogP contribution in [0.25, 0.3) is 0 Å². The van der Waals surface area contributed by atoms with Crippen molar-refractivity contribution < 1.29 is 9.59 Å². The normalized spacial score (nSPS) is 18.9. The SMILES string of the molecule is CCc1ccc(NC(=O)N2CCC[C@@](C)(C(=O)NCc3ccc(C)cc3)C2)cc1. The van der Waals surface area contributed by atoms with Gasteiger partial charge in [0.25, 0.3) is 0 Å². The van der Waals surface area contributed by atoms with Gasteiger partial charge in [0.2, 0.25) is 5.91 Å². The van der Waals surface area contributed by atoms with E-state index in [4.69, 9.17) is 0 Å². The zero-order chi connectivity index (χ0) is 20.9. The lowest BCUT2D eigenvalue weighted by atomic mass is 9.81. The van der Waals surface area contributed by atoms with Crippen LogP contribution in [0.2, 0.25) is 0 Å². The van der Waals surface area contributed by atoms with Crippen molar-refractivity contribution in [2.45, 2.75) is 46.6 Å². The Labute approximate surface area is 173 Å². The number of urea groups is 1. The first-order valence-corrected chi connectivity index (χ1v) is 10.4. The van der Waals surface area contributed by atoms with E-state index in [0.29, 0.717) is 19.6 Å². The largest absolute Gasteiger partial charge is 0.351 e. The molecule has 2 N–H and O–H groups in total. The molecule has 5 nitrogen and oxygen atoms in total. The van der Waals surface area contributed by atoms with Crippen LogP contribution in [-0.2, 0) is 17.8 Å². The third-order valence-corrected chi connectivity index (χ3v) is 5.72. The molecule has 1 aliphatic heterocycles. The minimum atomic E-state index is -0.577. The quantitative estimate of drug-likeness (QED) is 0.785. The second-order valence-electron chi connectivity index (χ2n) is 8.23. The van der Waals surface area contributed by atoms with Gasteiger partial charge in [-0.2, -0.15) is 0 Å². The van der Waals surface area contributed by atoms with Gasteiger partial charge in [-0.25, -0.2) is 4.79 Å². The Kier molecular flexibility index (Phi) is 6.57. The van der Waals surface area contributed by atoms with Crippen LogP contribution >= 0.6 is 0 Å². The molecule has 1 aliphatic rings. The lowest BCUT2D eigenvalue weighted by Gasteiger charge is -2.39. The van der Waals surface area contributed by atoms with Crippen LogP contribution in [0.3, 0.4) is 0 Å². The molecule has 2 aromatic rings. The highest BCUT2D eigenvalue weighted by molar-refractivity contribution is 5.90. The van der Waals surface area contributed by atoms with Gasteiger partial charge in [-0.15, -0.1) is 0 Å². The van der Waals surface area contributed by atoms with Crippen molar-refractivity contribution in [3.63, 3.8) is 0 Å². The molecule has 3 amide bonds. The van der Waals surface area contributed by atoms with Crippen molar-refractivity contribution in [3.05, 3.63) is 65.2 Å². The Morgan fingerprint density at radius 2 is 1.69 bits per heavy atom. The Morgan fingerprint density at radius 1 is 1.03 bits per heavy atom. The minimum Gasteiger partial charge on any atom is -0.351 e. The number of nitrogens with one attached hydrogen (secondary N) is 2. The van der Waals surface area contributed by atoms with Crippen LogP contribution in [-0.4, -0.2) is 29.9 Å². The first kappa shape index (κ1) is 20.9. The van der Waals surface area contributed by atoms with Gasteiger partial charge < -0.3 is 15.5 Å². The van der Waals surface area contributed by atoms with Gasteiger partial charge in [0.15, 0.2) is 0 Å². The van der Waals surface area contributed by atoms with Gasteiger partial charge in [-0.3, -0.25) is 4.79 Å². The molecule has 0 bridgehead atoms. The van der Waals surface area contributed by atoms with Crippen molar-refractivity contribution in [3.8, 4) is 0 Å². The number of piperidine rings is 1. The van der Waals surface area contributed by atoms with Crippen LogP contribution in [0.15, 0.2) is 48.5 Å². The van der Waals surface area contributed by atoms with E-state index < -0.39 is 5.41 Å². The summed E-state index contributed by atoms with van der Waals surface area (Å²) >= 11 is 0.